The van der Waals surface area contributed by atoms with E-state index in [1.165, 1.54) is 0 Å². The average Bonchev–Trinajstić information content (AvgIpc) is 3.50. The second-order valence-electron chi connectivity index (χ2n) is 8.76. The van der Waals surface area contributed by atoms with Crippen LogP contribution in [0.25, 0.3) is 0 Å². The van der Waals surface area contributed by atoms with Crippen LogP contribution in [-0.2, 0) is 0 Å². The minimum atomic E-state index is 0.0396. The normalized spacial score (nSPS) is 19.7. The molecule has 0 N–H and O–H groups in total. The van der Waals surface area contributed by atoms with Gasteiger partial charge in [0.2, 0.25) is 5.88 Å². The lowest BCUT2D eigenvalue weighted by molar-refractivity contribution is 0.0711. The number of hydrogen-bond acceptors (Lipinski definition) is 6. The van der Waals surface area contributed by atoms with E-state index in [2.05, 4.69) is 27.0 Å². The molecule has 1 atom stereocenters. The summed E-state index contributed by atoms with van der Waals surface area (Å²) >= 11 is 6.25. The topological polar surface area (TPSA) is 76.4 Å². The van der Waals surface area contributed by atoms with Crippen LogP contribution in [-0.4, -0.2) is 68.7 Å². The number of amides is 1. The van der Waals surface area contributed by atoms with Gasteiger partial charge in [-0.1, -0.05) is 23.7 Å². The summed E-state index contributed by atoms with van der Waals surface area (Å²) in [6, 6.07) is 7.66. The molecule has 0 saturated carbocycles. The Labute approximate surface area is 198 Å². The molecule has 1 amide bonds. The third kappa shape index (κ3) is 4.72. The summed E-state index contributed by atoms with van der Waals surface area (Å²) < 4.78 is 7.94. The van der Waals surface area contributed by atoms with Gasteiger partial charge in [-0.2, -0.15) is 5.10 Å². The summed E-state index contributed by atoms with van der Waals surface area (Å²) in [4.78, 5) is 26.2. The van der Waals surface area contributed by atoms with Gasteiger partial charge < -0.3 is 14.5 Å². The first-order valence-electron chi connectivity index (χ1n) is 11.3. The van der Waals surface area contributed by atoms with Crippen molar-refractivity contribution in [2.75, 3.05) is 33.2 Å². The first-order valence-corrected chi connectivity index (χ1v) is 11.7. The van der Waals surface area contributed by atoms with Crippen LogP contribution < -0.4 is 4.74 Å². The Bertz CT molecular complexity index is 1130. The Morgan fingerprint density at radius 2 is 1.88 bits per heavy atom. The minimum Gasteiger partial charge on any atom is -0.436 e. The SMILES string of the molecule is CN1CC[C@H](n2cc(C(=O)N3CCC(c4nccnc4Oc4ccccc4Cl)CC3)cn2)C1. The number of rotatable bonds is 5. The molecule has 0 bridgehead atoms. The highest BCUT2D eigenvalue weighted by atomic mass is 35.5. The van der Waals surface area contributed by atoms with Crippen LogP contribution in [0.2, 0.25) is 5.02 Å². The quantitative estimate of drug-likeness (QED) is 0.565. The van der Waals surface area contributed by atoms with Crippen molar-refractivity contribution in [1.82, 2.24) is 29.5 Å². The van der Waals surface area contributed by atoms with Gasteiger partial charge in [-0.25, -0.2) is 4.98 Å². The molecule has 3 aromatic rings. The molecule has 0 aliphatic carbocycles. The molecule has 172 valence electrons. The molecule has 5 rings (SSSR count). The molecule has 1 aromatic carbocycles. The lowest BCUT2D eigenvalue weighted by atomic mass is 9.93. The van der Waals surface area contributed by atoms with E-state index >= 15 is 0 Å². The van der Waals surface area contributed by atoms with E-state index < -0.39 is 0 Å². The summed E-state index contributed by atoms with van der Waals surface area (Å²) in [7, 11) is 2.11. The zero-order chi connectivity index (χ0) is 22.8. The molecule has 9 heteroatoms. The summed E-state index contributed by atoms with van der Waals surface area (Å²) in [6.07, 6.45) is 9.56. The highest BCUT2D eigenvalue weighted by Crippen LogP contribution is 2.35. The monoisotopic (exact) mass is 466 g/mol. The van der Waals surface area contributed by atoms with Crippen LogP contribution in [0.5, 0.6) is 11.6 Å². The number of halogens is 1. The zero-order valence-corrected chi connectivity index (χ0v) is 19.4. The maximum absolute atomic E-state index is 13.1. The van der Waals surface area contributed by atoms with E-state index in [1.54, 1.807) is 24.7 Å². The number of piperidine rings is 1. The number of likely N-dealkylation sites (N-methyl/N-ethyl adjacent to an activating group) is 1. The van der Waals surface area contributed by atoms with Gasteiger partial charge in [-0.15, -0.1) is 0 Å². The minimum absolute atomic E-state index is 0.0396. The summed E-state index contributed by atoms with van der Waals surface area (Å²) in [6.45, 7) is 3.34. The molecule has 8 nitrogen and oxygen atoms in total. The van der Waals surface area contributed by atoms with Crippen LogP contribution in [0, 0.1) is 0 Å². The van der Waals surface area contributed by atoms with E-state index in [4.69, 9.17) is 16.3 Å². The molecule has 0 radical (unpaired) electrons. The largest absolute Gasteiger partial charge is 0.436 e. The van der Waals surface area contributed by atoms with E-state index in [0.717, 1.165) is 38.0 Å². The van der Waals surface area contributed by atoms with Crippen molar-refractivity contribution in [2.45, 2.75) is 31.2 Å². The second-order valence-corrected chi connectivity index (χ2v) is 9.17. The van der Waals surface area contributed by atoms with E-state index in [-0.39, 0.29) is 11.8 Å². The Kier molecular flexibility index (Phi) is 6.28. The zero-order valence-electron chi connectivity index (χ0n) is 18.6. The highest BCUT2D eigenvalue weighted by molar-refractivity contribution is 6.32. The standard InChI is InChI=1S/C24H27ClN6O2/c1-29-11-8-19(16-29)31-15-18(14-28-31)24(32)30-12-6-17(7-13-30)22-23(27-10-9-26-22)33-21-5-3-2-4-20(21)25/h2-5,9-10,14-15,17,19H,6-8,11-13,16H2,1H3/t19-/m0/s1. The first-order chi connectivity index (χ1) is 16.1. The van der Waals surface area contributed by atoms with Gasteiger partial charge in [0.1, 0.15) is 11.4 Å². The van der Waals surface area contributed by atoms with Crippen LogP contribution >= 0.6 is 11.6 Å². The lowest BCUT2D eigenvalue weighted by Gasteiger charge is -2.31. The van der Waals surface area contributed by atoms with E-state index in [1.807, 2.05) is 34.0 Å². The number of likely N-dealkylation sites (tertiary alicyclic amines) is 2. The average molecular weight is 467 g/mol. The molecule has 2 saturated heterocycles. The lowest BCUT2D eigenvalue weighted by Crippen LogP contribution is -2.38. The summed E-state index contributed by atoms with van der Waals surface area (Å²) in [5.74, 6) is 1.23. The molecular formula is C24H27ClN6O2. The number of para-hydroxylation sites is 1. The molecule has 0 spiro atoms. The van der Waals surface area contributed by atoms with Gasteiger partial charge in [0, 0.05) is 44.1 Å². The fourth-order valence-electron chi connectivity index (χ4n) is 4.64. The maximum Gasteiger partial charge on any atom is 0.257 e. The van der Waals surface area contributed by atoms with Crippen LogP contribution in [0.1, 0.15) is 47.3 Å². The highest BCUT2D eigenvalue weighted by Gasteiger charge is 2.29. The Morgan fingerprint density at radius 3 is 2.64 bits per heavy atom. The predicted molar refractivity (Wildman–Crippen MR) is 125 cm³/mol. The number of carbonyl (C=O) groups is 1. The third-order valence-electron chi connectivity index (χ3n) is 6.49. The van der Waals surface area contributed by atoms with Crippen LogP contribution in [0.3, 0.4) is 0 Å². The van der Waals surface area contributed by atoms with Crippen molar-refractivity contribution in [1.29, 1.82) is 0 Å². The smallest absolute Gasteiger partial charge is 0.257 e. The van der Waals surface area contributed by atoms with Gasteiger partial charge in [0.15, 0.2) is 0 Å². The molecule has 2 fully saturated rings. The summed E-state index contributed by atoms with van der Waals surface area (Å²) in [5, 5.41) is 4.99. The fourth-order valence-corrected chi connectivity index (χ4v) is 4.82. The van der Waals surface area contributed by atoms with Gasteiger partial charge in [0.25, 0.3) is 5.91 Å². The van der Waals surface area contributed by atoms with Crippen LogP contribution in [0.15, 0.2) is 49.1 Å². The maximum atomic E-state index is 13.1. The molecule has 2 aliphatic heterocycles. The van der Waals surface area contributed by atoms with Crippen LogP contribution in [0.4, 0.5) is 0 Å². The number of carbonyl (C=O) groups excluding carboxylic acids is 1. The molecule has 2 aromatic heterocycles. The summed E-state index contributed by atoms with van der Waals surface area (Å²) in [5.41, 5.74) is 1.47. The fraction of sp³-hybridized carbons (Fsp3) is 0.417. The molecule has 33 heavy (non-hydrogen) atoms. The van der Waals surface area contributed by atoms with Crippen molar-refractivity contribution < 1.29 is 9.53 Å². The number of hydrogen-bond donors (Lipinski definition) is 0. The van der Waals surface area contributed by atoms with Gasteiger partial charge >= 0.3 is 0 Å². The molecule has 4 heterocycles. The van der Waals surface area contributed by atoms with Crippen molar-refractivity contribution in [3.05, 3.63) is 65.3 Å². The van der Waals surface area contributed by atoms with Gasteiger partial charge in [-0.3, -0.25) is 14.5 Å². The number of aromatic nitrogens is 4. The van der Waals surface area contributed by atoms with Crippen molar-refractivity contribution in [3.8, 4) is 11.6 Å². The first kappa shape index (κ1) is 21.9. The second kappa shape index (κ2) is 9.49. The molecule has 0 unspecified atom stereocenters. The predicted octanol–water partition coefficient (Wildman–Crippen LogP) is 4.02. The molecule has 2 aliphatic rings. The van der Waals surface area contributed by atoms with Crippen molar-refractivity contribution in [3.63, 3.8) is 0 Å². The Balaban J connectivity index is 1.23. The van der Waals surface area contributed by atoms with Crippen molar-refractivity contribution >= 4 is 17.5 Å². The van der Waals surface area contributed by atoms with Gasteiger partial charge in [-0.05, 0) is 45.0 Å². The van der Waals surface area contributed by atoms with E-state index in [0.29, 0.717) is 41.3 Å². The molecular weight excluding hydrogens is 440 g/mol. The number of nitrogens with zero attached hydrogens (tertiary/aromatic N) is 6. The van der Waals surface area contributed by atoms with Crippen molar-refractivity contribution in [2.24, 2.45) is 0 Å². The third-order valence-corrected chi connectivity index (χ3v) is 6.80. The Morgan fingerprint density at radius 1 is 1.09 bits per heavy atom. The van der Waals surface area contributed by atoms with Gasteiger partial charge in [0.05, 0.1) is 22.8 Å². The number of benzene rings is 1. The number of ether oxygens (including phenoxy) is 1. The van der Waals surface area contributed by atoms with E-state index in [9.17, 15) is 4.79 Å². The Hall–Kier alpha value is -2.97.